The summed E-state index contributed by atoms with van der Waals surface area (Å²) in [5.41, 5.74) is 4.70. The average Bonchev–Trinajstić information content (AvgIpc) is 3.66. The maximum atomic E-state index is 13.3. The molecule has 0 radical (unpaired) electrons. The number of pyridine rings is 1. The minimum absolute atomic E-state index is 0.00479. The first-order valence-corrected chi connectivity index (χ1v) is 13.0. The molecule has 0 unspecified atom stereocenters. The molecule has 0 atom stereocenters. The van der Waals surface area contributed by atoms with Gasteiger partial charge in [0.05, 0.1) is 34.9 Å². The van der Waals surface area contributed by atoms with Crippen molar-refractivity contribution in [1.82, 2.24) is 20.1 Å². The van der Waals surface area contributed by atoms with E-state index in [2.05, 4.69) is 25.6 Å². The monoisotopic (exact) mass is 540 g/mol. The van der Waals surface area contributed by atoms with Crippen LogP contribution in [0.5, 0.6) is 0 Å². The van der Waals surface area contributed by atoms with Crippen molar-refractivity contribution in [2.75, 3.05) is 29.6 Å². The average molecular weight is 541 g/mol. The van der Waals surface area contributed by atoms with E-state index in [-0.39, 0.29) is 23.0 Å². The Morgan fingerprint density at radius 1 is 1.10 bits per heavy atom. The predicted molar refractivity (Wildman–Crippen MR) is 153 cm³/mol. The van der Waals surface area contributed by atoms with Crippen LogP contribution in [-0.4, -0.2) is 46.2 Å². The number of ether oxygens (including phenoxy) is 1. The van der Waals surface area contributed by atoms with Gasteiger partial charge in [0.1, 0.15) is 11.4 Å². The Morgan fingerprint density at radius 2 is 1.93 bits per heavy atom. The Bertz CT molecular complexity index is 1700. The summed E-state index contributed by atoms with van der Waals surface area (Å²) in [5.74, 6) is -0.971. The molecule has 204 valence electrons. The molecular formula is C30H31N7O3. The predicted octanol–water partition coefficient (Wildman–Crippen LogP) is 4.22. The van der Waals surface area contributed by atoms with Gasteiger partial charge in [-0.05, 0) is 24.5 Å². The number of hydrogen-bond acceptors (Lipinski definition) is 7. The summed E-state index contributed by atoms with van der Waals surface area (Å²) < 4.78 is 30.3. The zero-order valence-corrected chi connectivity index (χ0v) is 22.2. The van der Waals surface area contributed by atoms with E-state index in [1.807, 2.05) is 74.1 Å². The van der Waals surface area contributed by atoms with E-state index >= 15 is 0 Å². The molecule has 2 amide bonds. The lowest BCUT2D eigenvalue weighted by atomic mass is 9.99. The molecule has 2 aliphatic rings. The molecular weight excluding hydrogens is 506 g/mol. The van der Waals surface area contributed by atoms with Gasteiger partial charge in [-0.25, -0.2) is 4.98 Å². The van der Waals surface area contributed by atoms with Crippen LogP contribution in [0.25, 0.3) is 11.3 Å². The van der Waals surface area contributed by atoms with Crippen LogP contribution in [0.4, 0.5) is 22.9 Å². The molecule has 6 rings (SSSR count). The summed E-state index contributed by atoms with van der Waals surface area (Å²) >= 11 is 0. The first-order valence-electron chi connectivity index (χ1n) is 14.5. The number of amides is 2. The summed E-state index contributed by atoms with van der Waals surface area (Å²) in [5, 5.41) is 12.8. The number of aryl methyl sites for hydroxylation is 1. The van der Waals surface area contributed by atoms with Crippen molar-refractivity contribution in [1.29, 1.82) is 0 Å². The van der Waals surface area contributed by atoms with E-state index < -0.39 is 18.5 Å². The summed E-state index contributed by atoms with van der Waals surface area (Å²) in [6, 6.07) is 16.9. The highest BCUT2D eigenvalue weighted by Gasteiger charge is 2.51. The summed E-state index contributed by atoms with van der Waals surface area (Å²) in [7, 11) is 3.84. The summed E-state index contributed by atoms with van der Waals surface area (Å²) in [4.78, 5) is 32.7. The third-order valence-corrected chi connectivity index (χ3v) is 7.23. The second-order valence-corrected chi connectivity index (χ2v) is 10.2. The van der Waals surface area contributed by atoms with Gasteiger partial charge in [-0.15, -0.1) is 0 Å². The first kappa shape index (κ1) is 22.2. The second-order valence-electron chi connectivity index (χ2n) is 10.2. The lowest BCUT2D eigenvalue weighted by Gasteiger charge is -2.29. The van der Waals surface area contributed by atoms with Gasteiger partial charge < -0.3 is 25.6 Å². The summed E-state index contributed by atoms with van der Waals surface area (Å²) in [6.07, 6.45) is 4.39. The highest BCUT2D eigenvalue weighted by Crippen LogP contribution is 2.44. The molecule has 10 heteroatoms. The number of hydrogen-bond donors (Lipinski definition) is 3. The van der Waals surface area contributed by atoms with Crippen molar-refractivity contribution in [3.8, 4) is 11.3 Å². The molecule has 0 saturated heterocycles. The smallest absolute Gasteiger partial charge is 0.257 e. The Morgan fingerprint density at radius 3 is 2.70 bits per heavy atom. The quantitative estimate of drug-likeness (QED) is 0.307. The first-order chi connectivity index (χ1) is 20.5. The fraction of sp³-hybridized carbons (Fsp3) is 0.267. The van der Waals surface area contributed by atoms with Crippen LogP contribution < -0.4 is 20.9 Å². The highest BCUT2D eigenvalue weighted by atomic mass is 16.5. The van der Waals surface area contributed by atoms with Crippen LogP contribution >= 0.6 is 0 Å². The third-order valence-electron chi connectivity index (χ3n) is 7.23. The highest BCUT2D eigenvalue weighted by molar-refractivity contribution is 6.03. The van der Waals surface area contributed by atoms with Gasteiger partial charge in [0.2, 0.25) is 0 Å². The fourth-order valence-corrected chi connectivity index (χ4v) is 5.06. The lowest BCUT2D eigenvalue weighted by Crippen LogP contribution is -2.32. The minimum Gasteiger partial charge on any atom is -0.368 e. The number of rotatable bonds is 8. The van der Waals surface area contributed by atoms with Crippen LogP contribution in [0.1, 0.15) is 38.4 Å². The van der Waals surface area contributed by atoms with Gasteiger partial charge in [0, 0.05) is 61.3 Å². The van der Waals surface area contributed by atoms with Gasteiger partial charge >= 0.3 is 0 Å². The largest absolute Gasteiger partial charge is 0.368 e. The van der Waals surface area contributed by atoms with Crippen LogP contribution in [0.2, 0.25) is 0 Å². The van der Waals surface area contributed by atoms with E-state index in [4.69, 9.17) is 8.85 Å². The molecule has 2 aromatic heterocycles. The molecule has 0 bridgehead atoms. The second kappa shape index (κ2) is 10.1. The molecule has 1 saturated carbocycles. The molecule has 1 aliphatic carbocycles. The molecule has 0 spiro atoms. The van der Waals surface area contributed by atoms with Crippen molar-refractivity contribution >= 4 is 34.7 Å². The number of para-hydroxylation sites is 1. The van der Waals surface area contributed by atoms with Crippen molar-refractivity contribution in [2.24, 2.45) is 7.05 Å². The number of carbonyl (C=O) groups is 2. The van der Waals surface area contributed by atoms with Crippen molar-refractivity contribution in [3.63, 3.8) is 0 Å². The standard InChI is InChI=1S/C30H31N7O3/c1-31-28(38)22-15-32-25(34-29(39)30(12-13-30)40-18-19-8-5-4-6-9-19)14-24(22)33-23-11-7-10-21-26-20(17-37(3)35-26)16-36(2)27(21)23/h4-11,14-15,17H,12-13,16,18H2,1-3H3,(H,31,38)(H2,32,33,34,39)/i1D3. The number of anilines is 4. The Hall–Kier alpha value is -4.70. The number of benzene rings is 2. The Kier molecular flexibility index (Phi) is 5.61. The number of carbonyl (C=O) groups excluding carboxylic acids is 2. The summed E-state index contributed by atoms with van der Waals surface area (Å²) in [6.45, 7) is -1.77. The molecule has 1 fully saturated rings. The van der Waals surface area contributed by atoms with Gasteiger partial charge in [-0.1, -0.05) is 42.5 Å². The number of aromatic nitrogens is 3. The van der Waals surface area contributed by atoms with Gasteiger partial charge in [-0.2, -0.15) is 5.10 Å². The van der Waals surface area contributed by atoms with E-state index in [0.29, 0.717) is 31.7 Å². The van der Waals surface area contributed by atoms with Gasteiger partial charge in [0.15, 0.2) is 0 Å². The number of nitrogens with one attached hydrogen (secondary N) is 3. The Labute approximate surface area is 236 Å². The normalized spacial score (nSPS) is 16.1. The molecule has 3 N–H and O–H groups in total. The van der Waals surface area contributed by atoms with Crippen LogP contribution in [-0.2, 0) is 29.7 Å². The van der Waals surface area contributed by atoms with Crippen molar-refractivity contribution in [3.05, 3.63) is 83.7 Å². The molecule has 40 heavy (non-hydrogen) atoms. The van der Waals surface area contributed by atoms with E-state index in [9.17, 15) is 9.59 Å². The minimum atomic E-state index is -2.70. The Balaban J connectivity index is 1.30. The molecule has 2 aromatic carbocycles. The van der Waals surface area contributed by atoms with E-state index in [1.165, 1.54) is 12.3 Å². The molecule has 1 aliphatic heterocycles. The van der Waals surface area contributed by atoms with Crippen molar-refractivity contribution < 1.29 is 18.4 Å². The van der Waals surface area contributed by atoms with Crippen LogP contribution in [0, 0.1) is 0 Å². The maximum Gasteiger partial charge on any atom is 0.257 e. The number of nitrogens with zero attached hydrogens (tertiary/aromatic N) is 4. The molecule has 4 aromatic rings. The van der Waals surface area contributed by atoms with E-state index in [0.717, 1.165) is 28.1 Å². The zero-order valence-electron chi connectivity index (χ0n) is 25.2. The van der Waals surface area contributed by atoms with Gasteiger partial charge in [-0.3, -0.25) is 14.3 Å². The van der Waals surface area contributed by atoms with Crippen LogP contribution in [0.3, 0.4) is 0 Å². The van der Waals surface area contributed by atoms with Crippen LogP contribution in [0.15, 0.2) is 67.0 Å². The van der Waals surface area contributed by atoms with Gasteiger partial charge in [0.25, 0.3) is 11.8 Å². The van der Waals surface area contributed by atoms with E-state index in [1.54, 1.807) is 4.68 Å². The lowest BCUT2D eigenvalue weighted by molar-refractivity contribution is -0.131. The van der Waals surface area contributed by atoms with Crippen molar-refractivity contribution in [2.45, 2.75) is 31.6 Å². The molecule has 3 heterocycles. The maximum absolute atomic E-state index is 13.3. The number of fused-ring (bicyclic) bond motifs is 3. The SMILES string of the molecule is [2H]C([2H])([2H])NC(=O)c1cnc(NC(=O)C2(OCc3ccccc3)CC2)cc1Nc1cccc2c1N(C)Cc1cn(C)nc1-2. The third kappa shape index (κ3) is 4.77. The zero-order chi connectivity index (χ0) is 30.4. The topological polar surface area (TPSA) is 113 Å². The molecule has 10 nitrogen and oxygen atoms in total. The fourth-order valence-electron chi connectivity index (χ4n) is 5.06.